The van der Waals surface area contributed by atoms with Gasteiger partial charge in [-0.05, 0) is 13.3 Å². The number of esters is 1. The van der Waals surface area contributed by atoms with Crippen LogP contribution in [0.15, 0.2) is 0 Å². The van der Waals surface area contributed by atoms with Gasteiger partial charge in [0, 0.05) is 12.8 Å². The standard InChI is InChI=1S/C11H18O5/c1-2-14-10(13)8-9(12)4-5-11-15-6-3-7-16-11/h11H,2-8H2,1H3. The van der Waals surface area contributed by atoms with Crippen molar-refractivity contribution in [3.05, 3.63) is 0 Å². The maximum Gasteiger partial charge on any atom is 0.313 e. The van der Waals surface area contributed by atoms with E-state index in [1.54, 1.807) is 6.92 Å². The van der Waals surface area contributed by atoms with Crippen LogP contribution in [0.5, 0.6) is 0 Å². The van der Waals surface area contributed by atoms with Crippen molar-refractivity contribution in [3.8, 4) is 0 Å². The molecule has 0 bridgehead atoms. The summed E-state index contributed by atoms with van der Waals surface area (Å²) in [5.74, 6) is -0.589. The predicted octanol–water partition coefficient (Wildman–Crippen LogP) is 1.05. The first-order chi connectivity index (χ1) is 7.72. The van der Waals surface area contributed by atoms with Crippen LogP contribution in [0, 0.1) is 0 Å². The van der Waals surface area contributed by atoms with Crippen molar-refractivity contribution in [3.63, 3.8) is 0 Å². The minimum atomic E-state index is -0.460. The molecule has 1 aliphatic rings. The van der Waals surface area contributed by atoms with Crippen molar-refractivity contribution in [2.24, 2.45) is 0 Å². The van der Waals surface area contributed by atoms with Gasteiger partial charge in [0.1, 0.15) is 12.2 Å². The maximum atomic E-state index is 11.4. The highest BCUT2D eigenvalue weighted by Crippen LogP contribution is 2.11. The summed E-state index contributed by atoms with van der Waals surface area (Å²) < 4.78 is 15.3. The Kier molecular flexibility index (Phi) is 6.03. The van der Waals surface area contributed by atoms with E-state index in [2.05, 4.69) is 4.74 Å². The first-order valence-corrected chi connectivity index (χ1v) is 5.63. The lowest BCUT2D eigenvalue weighted by atomic mass is 10.1. The van der Waals surface area contributed by atoms with Crippen LogP contribution in [0.3, 0.4) is 0 Å². The molecule has 0 radical (unpaired) electrons. The van der Waals surface area contributed by atoms with Crippen molar-refractivity contribution in [1.29, 1.82) is 0 Å². The molecule has 0 aromatic carbocycles. The number of Topliss-reactive ketones (excluding diaryl/α,β-unsaturated/α-hetero) is 1. The lowest BCUT2D eigenvalue weighted by Gasteiger charge is -2.22. The minimum absolute atomic E-state index is 0.128. The topological polar surface area (TPSA) is 61.8 Å². The molecule has 92 valence electrons. The molecule has 0 N–H and O–H groups in total. The van der Waals surface area contributed by atoms with Crippen LogP contribution in [0.1, 0.15) is 32.6 Å². The molecule has 0 saturated carbocycles. The van der Waals surface area contributed by atoms with E-state index in [0.29, 0.717) is 32.7 Å². The molecule has 1 heterocycles. The zero-order valence-corrected chi connectivity index (χ0v) is 9.57. The number of carbonyl (C=O) groups is 2. The molecular weight excluding hydrogens is 212 g/mol. The SMILES string of the molecule is CCOC(=O)CC(=O)CCC1OCCCO1. The summed E-state index contributed by atoms with van der Waals surface area (Å²) in [4.78, 5) is 22.4. The highest BCUT2D eigenvalue weighted by Gasteiger charge is 2.17. The van der Waals surface area contributed by atoms with Gasteiger partial charge >= 0.3 is 5.97 Å². The van der Waals surface area contributed by atoms with Crippen LogP contribution in [0.25, 0.3) is 0 Å². The van der Waals surface area contributed by atoms with E-state index in [1.165, 1.54) is 0 Å². The monoisotopic (exact) mass is 230 g/mol. The summed E-state index contributed by atoms with van der Waals surface area (Å²) in [6.45, 7) is 3.38. The van der Waals surface area contributed by atoms with E-state index >= 15 is 0 Å². The minimum Gasteiger partial charge on any atom is -0.466 e. The third-order valence-corrected chi connectivity index (χ3v) is 2.20. The van der Waals surface area contributed by atoms with Crippen molar-refractivity contribution >= 4 is 11.8 Å². The van der Waals surface area contributed by atoms with E-state index in [0.717, 1.165) is 6.42 Å². The first-order valence-electron chi connectivity index (χ1n) is 5.63. The molecule has 5 heteroatoms. The fourth-order valence-electron chi connectivity index (χ4n) is 1.44. The van der Waals surface area contributed by atoms with Gasteiger partial charge in [0.25, 0.3) is 0 Å². The second kappa shape index (κ2) is 7.35. The van der Waals surface area contributed by atoms with E-state index in [-0.39, 0.29) is 18.5 Å². The Bertz CT molecular complexity index is 233. The van der Waals surface area contributed by atoms with E-state index in [4.69, 9.17) is 9.47 Å². The van der Waals surface area contributed by atoms with E-state index in [1.807, 2.05) is 0 Å². The summed E-state index contributed by atoms with van der Waals surface area (Å²) >= 11 is 0. The van der Waals surface area contributed by atoms with Gasteiger partial charge in [0.2, 0.25) is 0 Å². The summed E-state index contributed by atoms with van der Waals surface area (Å²) in [6, 6.07) is 0. The van der Waals surface area contributed by atoms with Gasteiger partial charge in [-0.2, -0.15) is 0 Å². The van der Waals surface area contributed by atoms with Crippen LogP contribution in [0.4, 0.5) is 0 Å². The molecule has 0 atom stereocenters. The Balaban J connectivity index is 2.11. The fourth-order valence-corrected chi connectivity index (χ4v) is 1.44. The molecule has 0 aromatic rings. The second-order valence-electron chi connectivity index (χ2n) is 3.58. The number of hydrogen-bond donors (Lipinski definition) is 0. The molecule has 0 spiro atoms. The largest absolute Gasteiger partial charge is 0.466 e. The van der Waals surface area contributed by atoms with Crippen LogP contribution < -0.4 is 0 Å². The van der Waals surface area contributed by atoms with Crippen molar-refractivity contribution < 1.29 is 23.8 Å². The quantitative estimate of drug-likeness (QED) is 0.504. The summed E-state index contributed by atoms with van der Waals surface area (Å²) in [5.41, 5.74) is 0. The van der Waals surface area contributed by atoms with Crippen molar-refractivity contribution in [2.45, 2.75) is 38.9 Å². The molecule has 1 rings (SSSR count). The first kappa shape index (κ1) is 13.1. The van der Waals surface area contributed by atoms with E-state index < -0.39 is 5.97 Å². The Morgan fingerprint density at radius 3 is 2.62 bits per heavy atom. The molecule has 0 aliphatic carbocycles. The fraction of sp³-hybridized carbons (Fsp3) is 0.818. The van der Waals surface area contributed by atoms with Gasteiger partial charge in [-0.3, -0.25) is 9.59 Å². The molecule has 0 aromatic heterocycles. The molecular formula is C11H18O5. The highest BCUT2D eigenvalue weighted by atomic mass is 16.7. The number of hydrogen-bond acceptors (Lipinski definition) is 5. The van der Waals surface area contributed by atoms with Gasteiger partial charge in [-0.1, -0.05) is 0 Å². The Morgan fingerprint density at radius 2 is 2.00 bits per heavy atom. The number of ketones is 1. The zero-order valence-electron chi connectivity index (χ0n) is 9.57. The third kappa shape index (κ3) is 5.23. The molecule has 0 amide bonds. The summed E-state index contributed by atoms with van der Waals surface area (Å²) in [6.07, 6.45) is 1.26. The van der Waals surface area contributed by atoms with Crippen LogP contribution in [-0.2, 0) is 23.8 Å². The second-order valence-corrected chi connectivity index (χ2v) is 3.58. The normalized spacial score (nSPS) is 17.1. The van der Waals surface area contributed by atoms with Gasteiger partial charge in [0.15, 0.2) is 6.29 Å². The lowest BCUT2D eigenvalue weighted by Crippen LogP contribution is -2.25. The predicted molar refractivity (Wildman–Crippen MR) is 55.8 cm³/mol. The molecule has 0 unspecified atom stereocenters. The third-order valence-electron chi connectivity index (χ3n) is 2.20. The molecule has 1 aliphatic heterocycles. The van der Waals surface area contributed by atoms with Gasteiger partial charge in [-0.15, -0.1) is 0 Å². The molecule has 1 saturated heterocycles. The van der Waals surface area contributed by atoms with Gasteiger partial charge < -0.3 is 14.2 Å². The highest BCUT2D eigenvalue weighted by molar-refractivity contribution is 5.95. The Labute approximate surface area is 95.0 Å². The van der Waals surface area contributed by atoms with Crippen LogP contribution >= 0.6 is 0 Å². The lowest BCUT2D eigenvalue weighted by molar-refractivity contribution is -0.182. The summed E-state index contributed by atoms with van der Waals surface area (Å²) in [7, 11) is 0. The number of ether oxygens (including phenoxy) is 3. The molecule has 16 heavy (non-hydrogen) atoms. The smallest absolute Gasteiger partial charge is 0.313 e. The van der Waals surface area contributed by atoms with Crippen molar-refractivity contribution in [1.82, 2.24) is 0 Å². The zero-order chi connectivity index (χ0) is 11.8. The average Bonchev–Trinajstić information content (AvgIpc) is 2.28. The Morgan fingerprint density at radius 1 is 1.31 bits per heavy atom. The van der Waals surface area contributed by atoms with Crippen LogP contribution in [-0.4, -0.2) is 37.9 Å². The average molecular weight is 230 g/mol. The maximum absolute atomic E-state index is 11.4. The summed E-state index contributed by atoms with van der Waals surface area (Å²) in [5, 5.41) is 0. The van der Waals surface area contributed by atoms with Crippen LogP contribution in [0.2, 0.25) is 0 Å². The molecule has 1 fully saturated rings. The van der Waals surface area contributed by atoms with Gasteiger partial charge in [-0.25, -0.2) is 0 Å². The number of carbonyl (C=O) groups excluding carboxylic acids is 2. The Hall–Kier alpha value is -0.940. The van der Waals surface area contributed by atoms with Gasteiger partial charge in [0.05, 0.1) is 19.8 Å². The molecule has 5 nitrogen and oxygen atoms in total. The number of rotatable bonds is 6. The van der Waals surface area contributed by atoms with E-state index in [9.17, 15) is 9.59 Å². The van der Waals surface area contributed by atoms with Crippen molar-refractivity contribution in [2.75, 3.05) is 19.8 Å².